The number of hydrogen-bond acceptors (Lipinski definition) is 5. The molecule has 1 aliphatic heterocycles. The molecule has 2 aromatic rings. The summed E-state index contributed by atoms with van der Waals surface area (Å²) in [6.45, 7) is 2.80. The van der Waals surface area contributed by atoms with E-state index in [1.165, 1.54) is 0 Å². The molecule has 164 valence electrons. The minimum Gasteiger partial charge on any atom is -0.497 e. The summed E-state index contributed by atoms with van der Waals surface area (Å²) in [7, 11) is 1.56. The summed E-state index contributed by atoms with van der Waals surface area (Å²) in [6.07, 6.45) is 1.06. The molecule has 1 atom stereocenters. The van der Waals surface area contributed by atoms with Gasteiger partial charge < -0.3 is 25.0 Å². The molecule has 2 aromatic carbocycles. The third-order valence-electron chi connectivity index (χ3n) is 4.92. The number of nitrogens with one attached hydrogen (secondary N) is 2. The van der Waals surface area contributed by atoms with E-state index in [0.29, 0.717) is 36.0 Å². The maximum atomic E-state index is 12.3. The van der Waals surface area contributed by atoms with E-state index in [9.17, 15) is 14.4 Å². The molecule has 0 unspecified atom stereocenters. The Kier molecular flexibility index (Phi) is 7.48. The number of amides is 3. The lowest BCUT2D eigenvalue weighted by atomic mass is 10.1. The fourth-order valence-corrected chi connectivity index (χ4v) is 3.29. The van der Waals surface area contributed by atoms with E-state index in [-0.39, 0.29) is 36.7 Å². The topological polar surface area (TPSA) is 97.0 Å². The monoisotopic (exact) mass is 425 g/mol. The number of rotatable bonds is 9. The Morgan fingerprint density at radius 2 is 1.90 bits per heavy atom. The predicted octanol–water partition coefficient (Wildman–Crippen LogP) is 2.59. The van der Waals surface area contributed by atoms with Gasteiger partial charge in [0.25, 0.3) is 5.91 Å². The third kappa shape index (κ3) is 5.97. The molecule has 2 N–H and O–H groups in total. The highest BCUT2D eigenvalue weighted by atomic mass is 16.5. The number of methoxy groups -OCH3 is 1. The van der Waals surface area contributed by atoms with E-state index in [2.05, 4.69) is 10.6 Å². The van der Waals surface area contributed by atoms with Crippen LogP contribution in [-0.4, -0.2) is 44.5 Å². The molecule has 0 radical (unpaired) electrons. The van der Waals surface area contributed by atoms with Crippen LogP contribution in [0.3, 0.4) is 0 Å². The molecule has 0 saturated carbocycles. The standard InChI is InChI=1S/C23H27N3O5/c1-3-11-24-23(29)16-12-22(28)26(14-16)18-7-9-19(10-8-18)31-15-21(27)25-17-5-4-6-20(13-17)30-2/h4-10,13,16H,3,11-12,14-15H2,1-2H3,(H,24,29)(H,25,27)/t16-/m0/s1. The number of carbonyl (C=O) groups excluding carboxylic acids is 3. The highest BCUT2D eigenvalue weighted by molar-refractivity contribution is 6.00. The summed E-state index contributed by atoms with van der Waals surface area (Å²) in [5, 5.41) is 5.59. The van der Waals surface area contributed by atoms with Crippen LogP contribution in [-0.2, 0) is 14.4 Å². The minimum absolute atomic E-state index is 0.0806. The lowest BCUT2D eigenvalue weighted by molar-refractivity contribution is -0.126. The summed E-state index contributed by atoms with van der Waals surface area (Å²) in [4.78, 5) is 38.2. The summed E-state index contributed by atoms with van der Waals surface area (Å²) < 4.78 is 10.7. The van der Waals surface area contributed by atoms with E-state index in [1.54, 1.807) is 60.5 Å². The Bertz CT molecular complexity index is 929. The first kappa shape index (κ1) is 22.1. The molecule has 3 rings (SSSR count). The van der Waals surface area contributed by atoms with Gasteiger partial charge in [-0.2, -0.15) is 0 Å². The molecule has 1 aliphatic rings. The van der Waals surface area contributed by atoms with Gasteiger partial charge in [-0.15, -0.1) is 0 Å². The van der Waals surface area contributed by atoms with Crippen LogP contribution < -0.4 is 25.0 Å². The average molecular weight is 425 g/mol. The fourth-order valence-electron chi connectivity index (χ4n) is 3.29. The summed E-state index contributed by atoms with van der Waals surface area (Å²) in [5.74, 6) is 0.357. The van der Waals surface area contributed by atoms with Crippen LogP contribution in [0.15, 0.2) is 48.5 Å². The highest BCUT2D eigenvalue weighted by Crippen LogP contribution is 2.27. The van der Waals surface area contributed by atoms with Crippen LogP contribution in [0.5, 0.6) is 11.5 Å². The maximum absolute atomic E-state index is 12.3. The molecule has 0 spiro atoms. The Hall–Kier alpha value is -3.55. The van der Waals surface area contributed by atoms with E-state index < -0.39 is 0 Å². The number of benzene rings is 2. The van der Waals surface area contributed by atoms with Gasteiger partial charge in [-0.3, -0.25) is 14.4 Å². The first-order chi connectivity index (χ1) is 15.0. The molecule has 8 nitrogen and oxygen atoms in total. The lowest BCUT2D eigenvalue weighted by Crippen LogP contribution is -2.33. The van der Waals surface area contributed by atoms with Gasteiger partial charge >= 0.3 is 0 Å². The van der Waals surface area contributed by atoms with E-state index in [1.807, 2.05) is 6.92 Å². The Morgan fingerprint density at radius 1 is 1.13 bits per heavy atom. The van der Waals surface area contributed by atoms with Crippen molar-refractivity contribution in [1.82, 2.24) is 5.32 Å². The number of carbonyl (C=O) groups is 3. The molecule has 31 heavy (non-hydrogen) atoms. The van der Waals surface area contributed by atoms with Crippen molar-refractivity contribution < 1.29 is 23.9 Å². The van der Waals surface area contributed by atoms with Crippen molar-refractivity contribution in [3.63, 3.8) is 0 Å². The average Bonchev–Trinajstić information content (AvgIpc) is 3.18. The van der Waals surface area contributed by atoms with Crippen LogP contribution in [0.4, 0.5) is 11.4 Å². The van der Waals surface area contributed by atoms with Crippen LogP contribution in [0.1, 0.15) is 19.8 Å². The van der Waals surface area contributed by atoms with Crippen molar-refractivity contribution >= 4 is 29.1 Å². The second-order valence-electron chi connectivity index (χ2n) is 7.26. The molecular formula is C23H27N3O5. The van der Waals surface area contributed by atoms with Gasteiger partial charge in [0.05, 0.1) is 13.0 Å². The van der Waals surface area contributed by atoms with Crippen LogP contribution in [0, 0.1) is 5.92 Å². The van der Waals surface area contributed by atoms with Gasteiger partial charge in [0.15, 0.2) is 6.61 Å². The smallest absolute Gasteiger partial charge is 0.262 e. The van der Waals surface area contributed by atoms with E-state index >= 15 is 0 Å². The molecule has 0 aromatic heterocycles. The van der Waals surface area contributed by atoms with Crippen molar-refractivity contribution in [2.45, 2.75) is 19.8 Å². The van der Waals surface area contributed by atoms with Crippen molar-refractivity contribution in [2.24, 2.45) is 5.92 Å². The first-order valence-corrected chi connectivity index (χ1v) is 10.2. The van der Waals surface area contributed by atoms with Gasteiger partial charge in [0, 0.05) is 37.0 Å². The van der Waals surface area contributed by atoms with Gasteiger partial charge in [0.2, 0.25) is 11.8 Å². The summed E-state index contributed by atoms with van der Waals surface area (Å²) in [5.41, 5.74) is 1.32. The Balaban J connectivity index is 1.51. The quantitative estimate of drug-likeness (QED) is 0.644. The van der Waals surface area contributed by atoms with E-state index in [4.69, 9.17) is 9.47 Å². The van der Waals surface area contributed by atoms with Crippen LogP contribution in [0.25, 0.3) is 0 Å². The zero-order valence-electron chi connectivity index (χ0n) is 17.7. The molecule has 1 fully saturated rings. The summed E-state index contributed by atoms with van der Waals surface area (Å²) in [6, 6.07) is 14.0. The number of nitrogens with zero attached hydrogens (tertiary/aromatic N) is 1. The summed E-state index contributed by atoms with van der Waals surface area (Å²) >= 11 is 0. The first-order valence-electron chi connectivity index (χ1n) is 10.2. The lowest BCUT2D eigenvalue weighted by Gasteiger charge is -2.17. The maximum Gasteiger partial charge on any atom is 0.262 e. The zero-order chi connectivity index (χ0) is 22.2. The Labute approximate surface area is 181 Å². The van der Waals surface area contributed by atoms with Gasteiger partial charge in [0.1, 0.15) is 11.5 Å². The predicted molar refractivity (Wildman–Crippen MR) is 117 cm³/mol. The number of hydrogen-bond donors (Lipinski definition) is 2. The molecule has 0 aliphatic carbocycles. The molecular weight excluding hydrogens is 398 g/mol. The molecule has 1 saturated heterocycles. The van der Waals surface area contributed by atoms with Crippen LogP contribution >= 0.6 is 0 Å². The second-order valence-corrected chi connectivity index (χ2v) is 7.26. The molecule has 3 amide bonds. The third-order valence-corrected chi connectivity index (χ3v) is 4.92. The normalized spacial score (nSPS) is 15.5. The van der Waals surface area contributed by atoms with Crippen molar-refractivity contribution in [3.8, 4) is 11.5 Å². The minimum atomic E-state index is -0.338. The van der Waals surface area contributed by atoms with Gasteiger partial charge in [-0.05, 0) is 42.8 Å². The Morgan fingerprint density at radius 3 is 2.61 bits per heavy atom. The van der Waals surface area contributed by atoms with Crippen molar-refractivity contribution in [2.75, 3.05) is 37.0 Å². The van der Waals surface area contributed by atoms with Crippen molar-refractivity contribution in [3.05, 3.63) is 48.5 Å². The van der Waals surface area contributed by atoms with Crippen molar-refractivity contribution in [1.29, 1.82) is 0 Å². The van der Waals surface area contributed by atoms with Gasteiger partial charge in [-0.25, -0.2) is 0 Å². The van der Waals surface area contributed by atoms with Crippen LogP contribution in [0.2, 0.25) is 0 Å². The molecule has 8 heteroatoms. The SMILES string of the molecule is CCCNC(=O)[C@H]1CC(=O)N(c2ccc(OCC(=O)Nc3cccc(OC)c3)cc2)C1. The highest BCUT2D eigenvalue weighted by Gasteiger charge is 2.34. The van der Waals surface area contributed by atoms with Gasteiger partial charge in [-0.1, -0.05) is 13.0 Å². The number of ether oxygens (including phenoxy) is 2. The number of anilines is 2. The fraction of sp³-hybridized carbons (Fsp3) is 0.348. The second kappa shape index (κ2) is 10.5. The zero-order valence-corrected chi connectivity index (χ0v) is 17.7. The molecule has 1 heterocycles. The molecule has 0 bridgehead atoms. The van der Waals surface area contributed by atoms with E-state index in [0.717, 1.165) is 6.42 Å². The largest absolute Gasteiger partial charge is 0.497 e.